The van der Waals surface area contributed by atoms with Gasteiger partial charge in [-0.15, -0.1) is 0 Å². The van der Waals surface area contributed by atoms with Crippen molar-refractivity contribution in [3.05, 3.63) is 53.2 Å². The third-order valence-corrected chi connectivity index (χ3v) is 7.68. The molecule has 1 aromatic carbocycles. The Balaban J connectivity index is 1.61. The second-order valence-corrected chi connectivity index (χ2v) is 10.9. The van der Waals surface area contributed by atoms with E-state index in [-0.39, 0.29) is 17.1 Å². The van der Waals surface area contributed by atoms with Gasteiger partial charge >= 0.3 is 0 Å². The van der Waals surface area contributed by atoms with E-state index in [2.05, 4.69) is 23.8 Å². The van der Waals surface area contributed by atoms with Gasteiger partial charge < -0.3 is 14.7 Å². The van der Waals surface area contributed by atoms with Crippen molar-refractivity contribution < 1.29 is 9.18 Å². The largest absolute Gasteiger partial charge is 0.363 e. The molecule has 2 aromatic rings. The molecule has 1 atom stereocenters. The average molecular weight is 468 g/mol. The van der Waals surface area contributed by atoms with Crippen LogP contribution in [0.25, 0.3) is 0 Å². The van der Waals surface area contributed by atoms with E-state index in [1.807, 2.05) is 44.1 Å². The van der Waals surface area contributed by atoms with Crippen LogP contribution < -0.4 is 4.90 Å². The number of aryl methyl sites for hydroxylation is 1. The number of likely N-dealkylation sites (tertiary alicyclic amines) is 2. The first kappa shape index (κ1) is 24.6. The van der Waals surface area contributed by atoms with E-state index in [1.165, 1.54) is 12.1 Å². The Morgan fingerprint density at radius 2 is 1.76 bits per heavy atom. The van der Waals surface area contributed by atoms with Gasteiger partial charge in [0.1, 0.15) is 17.5 Å². The predicted molar refractivity (Wildman–Crippen MR) is 134 cm³/mol. The van der Waals surface area contributed by atoms with Crippen LogP contribution in [0.5, 0.6) is 0 Å². The minimum absolute atomic E-state index is 0.233. The molecule has 1 aromatic heterocycles. The highest BCUT2D eigenvalue weighted by atomic mass is 19.1. The Kier molecular flexibility index (Phi) is 6.94. The lowest BCUT2D eigenvalue weighted by molar-refractivity contribution is -0.147. The number of benzene rings is 1. The lowest BCUT2D eigenvalue weighted by Gasteiger charge is -2.46. The molecule has 3 heterocycles. The van der Waals surface area contributed by atoms with Gasteiger partial charge in [-0.05, 0) is 76.9 Å². The molecule has 7 heteroatoms. The number of anilines is 1. The van der Waals surface area contributed by atoms with Crippen molar-refractivity contribution in [2.24, 2.45) is 5.41 Å². The predicted octanol–water partition coefficient (Wildman–Crippen LogP) is 3.82. The molecule has 0 N–H and O–H groups in total. The highest BCUT2D eigenvalue weighted by Gasteiger charge is 2.46. The van der Waals surface area contributed by atoms with Gasteiger partial charge in [-0.25, -0.2) is 14.4 Å². The number of rotatable bonds is 5. The van der Waals surface area contributed by atoms with Crippen molar-refractivity contribution in [2.45, 2.75) is 51.4 Å². The first-order chi connectivity index (χ1) is 16.1. The van der Waals surface area contributed by atoms with Crippen molar-refractivity contribution in [2.75, 3.05) is 52.2 Å². The average Bonchev–Trinajstić information content (AvgIpc) is 2.81. The molecule has 2 fully saturated rings. The zero-order valence-electron chi connectivity index (χ0n) is 21.3. The summed E-state index contributed by atoms with van der Waals surface area (Å²) in [6.07, 6.45) is 4.18. The number of amides is 1. The minimum Gasteiger partial charge on any atom is -0.363 e. The second kappa shape index (κ2) is 9.61. The summed E-state index contributed by atoms with van der Waals surface area (Å²) in [4.78, 5) is 30.2. The molecule has 0 aliphatic carbocycles. The quantitative estimate of drug-likeness (QED) is 0.669. The molecule has 0 radical (unpaired) electrons. The van der Waals surface area contributed by atoms with Crippen LogP contribution in [0.15, 0.2) is 30.3 Å². The SMILES string of the molecule is Cc1cc(N(C)C)nc([C@@]2(C)CCCN(C(=O)C3(Cc4ccc(F)cc4)CCN(C)CC3)C2)n1. The minimum atomic E-state index is -0.454. The van der Waals surface area contributed by atoms with Crippen molar-refractivity contribution in [1.29, 1.82) is 0 Å². The van der Waals surface area contributed by atoms with E-state index in [0.717, 1.165) is 68.2 Å². The number of hydrogen-bond donors (Lipinski definition) is 0. The highest BCUT2D eigenvalue weighted by molar-refractivity contribution is 5.83. The number of aromatic nitrogens is 2. The van der Waals surface area contributed by atoms with Crippen LogP contribution in [-0.2, 0) is 16.6 Å². The number of carbonyl (C=O) groups is 1. The summed E-state index contributed by atoms with van der Waals surface area (Å²) in [5, 5.41) is 0. The van der Waals surface area contributed by atoms with E-state index >= 15 is 0 Å². The van der Waals surface area contributed by atoms with E-state index in [4.69, 9.17) is 9.97 Å². The fourth-order valence-electron chi connectivity index (χ4n) is 5.49. The first-order valence-corrected chi connectivity index (χ1v) is 12.4. The molecule has 6 nitrogen and oxygen atoms in total. The molecule has 184 valence electrons. The van der Waals surface area contributed by atoms with Crippen molar-refractivity contribution in [1.82, 2.24) is 19.8 Å². The van der Waals surface area contributed by atoms with Gasteiger partial charge in [0.05, 0.1) is 5.41 Å². The molecule has 2 saturated heterocycles. The third kappa shape index (κ3) is 5.09. The Morgan fingerprint density at radius 3 is 2.41 bits per heavy atom. The number of carbonyl (C=O) groups excluding carboxylic acids is 1. The number of hydrogen-bond acceptors (Lipinski definition) is 5. The Labute approximate surface area is 203 Å². The number of piperidine rings is 2. The van der Waals surface area contributed by atoms with Crippen LogP contribution in [0.1, 0.15) is 49.7 Å². The maximum atomic E-state index is 14.2. The summed E-state index contributed by atoms with van der Waals surface area (Å²) in [6, 6.07) is 8.64. The van der Waals surface area contributed by atoms with Crippen LogP contribution in [0.4, 0.5) is 10.2 Å². The summed E-state index contributed by atoms with van der Waals surface area (Å²) < 4.78 is 13.5. The van der Waals surface area contributed by atoms with Gasteiger partial charge in [-0.3, -0.25) is 4.79 Å². The molecule has 4 rings (SSSR count). The fourth-order valence-corrected chi connectivity index (χ4v) is 5.49. The fraction of sp³-hybridized carbons (Fsp3) is 0.593. The molecule has 0 unspecified atom stereocenters. The number of nitrogens with zero attached hydrogens (tertiary/aromatic N) is 5. The van der Waals surface area contributed by atoms with Crippen LogP contribution >= 0.6 is 0 Å². The van der Waals surface area contributed by atoms with E-state index < -0.39 is 5.41 Å². The van der Waals surface area contributed by atoms with Gasteiger partial charge in [0, 0.05) is 44.4 Å². The summed E-state index contributed by atoms with van der Waals surface area (Å²) in [7, 11) is 6.09. The monoisotopic (exact) mass is 467 g/mol. The van der Waals surface area contributed by atoms with Gasteiger partial charge in [0.25, 0.3) is 0 Å². The summed E-state index contributed by atoms with van der Waals surface area (Å²) in [5.74, 6) is 1.71. The van der Waals surface area contributed by atoms with Crippen molar-refractivity contribution in [3.8, 4) is 0 Å². The maximum absolute atomic E-state index is 14.2. The van der Waals surface area contributed by atoms with E-state index in [9.17, 15) is 9.18 Å². The summed E-state index contributed by atoms with van der Waals surface area (Å²) in [6.45, 7) is 7.38. The van der Waals surface area contributed by atoms with Crippen molar-refractivity contribution in [3.63, 3.8) is 0 Å². The zero-order valence-corrected chi connectivity index (χ0v) is 21.3. The Morgan fingerprint density at radius 1 is 1.09 bits per heavy atom. The molecule has 0 saturated carbocycles. The smallest absolute Gasteiger partial charge is 0.229 e. The topological polar surface area (TPSA) is 52.6 Å². The third-order valence-electron chi connectivity index (χ3n) is 7.68. The normalized spacial score (nSPS) is 23.1. The Bertz CT molecular complexity index is 1020. The molecule has 1 amide bonds. The molecular formula is C27H38FN5O. The molecule has 0 spiro atoms. The second-order valence-electron chi connectivity index (χ2n) is 10.9. The summed E-state index contributed by atoms with van der Waals surface area (Å²) >= 11 is 0. The lowest BCUT2D eigenvalue weighted by Crippen LogP contribution is -2.55. The summed E-state index contributed by atoms with van der Waals surface area (Å²) in [5.41, 5.74) is 1.23. The van der Waals surface area contributed by atoms with Gasteiger partial charge in [0.15, 0.2) is 0 Å². The standard InChI is InChI=1S/C27H38FN5O/c1-20-17-23(31(3)4)30-24(29-20)26(2)11-6-14-33(19-26)25(34)27(12-15-32(5)16-13-27)18-21-7-9-22(28)10-8-21/h7-10,17H,6,11-16,18-19H2,1-5H3/t26-/m0/s1. The molecule has 0 bridgehead atoms. The van der Waals surface area contributed by atoms with Crippen LogP contribution in [0.2, 0.25) is 0 Å². The van der Waals surface area contributed by atoms with Crippen LogP contribution in [0.3, 0.4) is 0 Å². The zero-order chi connectivity index (χ0) is 24.5. The van der Waals surface area contributed by atoms with Gasteiger partial charge in [0.2, 0.25) is 5.91 Å². The van der Waals surface area contributed by atoms with E-state index in [1.54, 1.807) is 0 Å². The molecule has 2 aliphatic heterocycles. The maximum Gasteiger partial charge on any atom is 0.229 e. The molecular weight excluding hydrogens is 429 g/mol. The molecule has 2 aliphatic rings. The van der Waals surface area contributed by atoms with Crippen LogP contribution in [0, 0.1) is 18.2 Å². The van der Waals surface area contributed by atoms with Crippen LogP contribution in [-0.4, -0.2) is 73.0 Å². The highest BCUT2D eigenvalue weighted by Crippen LogP contribution is 2.40. The Hall–Kier alpha value is -2.54. The van der Waals surface area contributed by atoms with Gasteiger partial charge in [-0.1, -0.05) is 19.1 Å². The first-order valence-electron chi connectivity index (χ1n) is 12.4. The lowest BCUT2D eigenvalue weighted by atomic mass is 9.71. The van der Waals surface area contributed by atoms with Gasteiger partial charge in [-0.2, -0.15) is 0 Å². The van der Waals surface area contributed by atoms with Crippen molar-refractivity contribution >= 4 is 11.7 Å². The number of halogens is 1. The van der Waals surface area contributed by atoms with E-state index in [0.29, 0.717) is 13.0 Å². The molecule has 34 heavy (non-hydrogen) atoms.